The average Bonchev–Trinajstić information content (AvgIpc) is 2.85. The molecule has 0 bridgehead atoms. The number of nitrogens with two attached hydrogens (primary N) is 1. The lowest BCUT2D eigenvalue weighted by Crippen LogP contribution is -2.47. The molecule has 0 saturated carbocycles. The first-order valence-corrected chi connectivity index (χ1v) is 12.6. The SMILES string of the molecule is CC(C)(C)OC(=O)N1CCC[C@@H](Nc2ccnc(N(Cc3ccccc3)Cc3ccccc3)c2N)C1. The van der Waals surface area contributed by atoms with Gasteiger partial charge in [-0.2, -0.15) is 0 Å². The second kappa shape index (κ2) is 11.3. The van der Waals surface area contributed by atoms with Crippen LogP contribution in [0.1, 0.15) is 44.7 Å². The van der Waals surface area contributed by atoms with Crippen LogP contribution in [-0.2, 0) is 17.8 Å². The maximum atomic E-state index is 12.6. The van der Waals surface area contributed by atoms with Gasteiger partial charge in [0.1, 0.15) is 5.60 Å². The summed E-state index contributed by atoms with van der Waals surface area (Å²) in [6, 6.07) is 22.7. The first kappa shape index (κ1) is 25.4. The molecule has 7 nitrogen and oxygen atoms in total. The van der Waals surface area contributed by atoms with Crippen molar-refractivity contribution < 1.29 is 9.53 Å². The van der Waals surface area contributed by atoms with Crippen molar-refractivity contribution in [1.29, 1.82) is 0 Å². The van der Waals surface area contributed by atoms with Crippen molar-refractivity contribution in [3.63, 3.8) is 0 Å². The Morgan fingerprint density at radius 1 is 1.06 bits per heavy atom. The number of nitrogens with zero attached hydrogens (tertiary/aromatic N) is 3. The van der Waals surface area contributed by atoms with Crippen molar-refractivity contribution in [3.05, 3.63) is 84.1 Å². The molecule has 0 unspecified atom stereocenters. The molecule has 0 aliphatic carbocycles. The van der Waals surface area contributed by atoms with E-state index in [4.69, 9.17) is 10.5 Å². The Labute approximate surface area is 214 Å². The number of nitrogen functional groups attached to an aromatic ring is 1. The second-order valence-corrected chi connectivity index (χ2v) is 10.3. The number of hydrogen-bond acceptors (Lipinski definition) is 6. The van der Waals surface area contributed by atoms with Crippen LogP contribution in [0.3, 0.4) is 0 Å². The molecule has 1 aliphatic heterocycles. The molecule has 0 spiro atoms. The van der Waals surface area contributed by atoms with E-state index < -0.39 is 5.60 Å². The van der Waals surface area contributed by atoms with Crippen molar-refractivity contribution >= 4 is 23.3 Å². The molecule has 1 fully saturated rings. The third-order valence-corrected chi connectivity index (χ3v) is 6.13. The molecule has 2 heterocycles. The Bertz CT molecular complexity index is 1090. The predicted molar refractivity (Wildman–Crippen MR) is 146 cm³/mol. The van der Waals surface area contributed by atoms with Gasteiger partial charge in [0.05, 0.1) is 11.4 Å². The first-order chi connectivity index (χ1) is 17.3. The molecule has 1 aromatic heterocycles. The smallest absolute Gasteiger partial charge is 0.410 e. The minimum atomic E-state index is -0.511. The molecule has 1 saturated heterocycles. The molecule has 3 N–H and O–H groups in total. The topological polar surface area (TPSA) is 83.7 Å². The van der Waals surface area contributed by atoms with Crippen molar-refractivity contribution in [2.75, 3.05) is 29.0 Å². The largest absolute Gasteiger partial charge is 0.444 e. The molecule has 7 heteroatoms. The quantitative estimate of drug-likeness (QED) is 0.446. The maximum Gasteiger partial charge on any atom is 0.410 e. The van der Waals surface area contributed by atoms with Gasteiger partial charge in [0, 0.05) is 38.4 Å². The van der Waals surface area contributed by atoms with Crippen LogP contribution in [0.2, 0.25) is 0 Å². The summed E-state index contributed by atoms with van der Waals surface area (Å²) in [7, 11) is 0. The summed E-state index contributed by atoms with van der Waals surface area (Å²) >= 11 is 0. The zero-order valence-electron chi connectivity index (χ0n) is 21.5. The Balaban J connectivity index is 1.53. The Kier molecular flexibility index (Phi) is 7.98. The summed E-state index contributed by atoms with van der Waals surface area (Å²) < 4.78 is 5.58. The molecule has 4 rings (SSSR count). The van der Waals surface area contributed by atoms with Gasteiger partial charge in [-0.3, -0.25) is 0 Å². The maximum absolute atomic E-state index is 12.6. The highest BCUT2D eigenvalue weighted by atomic mass is 16.6. The van der Waals surface area contributed by atoms with E-state index >= 15 is 0 Å². The molecule has 1 amide bonds. The Hall–Kier alpha value is -3.74. The fourth-order valence-corrected chi connectivity index (χ4v) is 4.46. The number of benzene rings is 2. The summed E-state index contributed by atoms with van der Waals surface area (Å²) in [5.41, 5.74) is 10.0. The zero-order chi connectivity index (χ0) is 25.5. The van der Waals surface area contributed by atoms with Crippen molar-refractivity contribution in [2.24, 2.45) is 0 Å². The summed E-state index contributed by atoms with van der Waals surface area (Å²) in [6.45, 7) is 8.32. The number of carbonyl (C=O) groups excluding carboxylic acids is 1. The number of ether oxygens (including phenoxy) is 1. The van der Waals surface area contributed by atoms with E-state index in [1.165, 1.54) is 11.1 Å². The van der Waals surface area contributed by atoms with Crippen LogP contribution in [0, 0.1) is 0 Å². The molecule has 0 radical (unpaired) electrons. The van der Waals surface area contributed by atoms with Crippen LogP contribution >= 0.6 is 0 Å². The number of likely N-dealkylation sites (tertiary alicyclic amines) is 1. The van der Waals surface area contributed by atoms with Crippen LogP contribution in [-0.4, -0.2) is 40.7 Å². The van der Waals surface area contributed by atoms with Gasteiger partial charge >= 0.3 is 6.09 Å². The van der Waals surface area contributed by atoms with Gasteiger partial charge in [-0.25, -0.2) is 9.78 Å². The summed E-state index contributed by atoms with van der Waals surface area (Å²) in [4.78, 5) is 21.3. The van der Waals surface area contributed by atoms with Gasteiger partial charge in [-0.1, -0.05) is 60.7 Å². The number of nitrogens with one attached hydrogen (secondary N) is 1. The van der Waals surface area contributed by atoms with Gasteiger partial charge < -0.3 is 25.6 Å². The molecule has 36 heavy (non-hydrogen) atoms. The van der Waals surface area contributed by atoms with E-state index in [0.29, 0.717) is 31.9 Å². The fraction of sp³-hybridized carbons (Fsp3) is 0.379. The molecular weight excluding hydrogens is 450 g/mol. The number of amides is 1. The minimum Gasteiger partial charge on any atom is -0.444 e. The van der Waals surface area contributed by atoms with E-state index in [0.717, 1.165) is 24.3 Å². The standard InChI is InChI=1S/C29H37N5O2/c1-29(2,3)36-28(35)33-18-10-15-24(21-33)32-25-16-17-31-27(26(25)30)34(19-22-11-6-4-7-12-22)20-23-13-8-5-9-14-23/h4-9,11-14,16-17,24H,10,15,18-21,30H2,1-3H3,(H,31,32)/t24-/m1/s1. The molecule has 190 valence electrons. The lowest BCUT2D eigenvalue weighted by Gasteiger charge is -2.35. The summed E-state index contributed by atoms with van der Waals surface area (Å²) in [5, 5.41) is 3.58. The van der Waals surface area contributed by atoms with Crippen LogP contribution in [0.25, 0.3) is 0 Å². The van der Waals surface area contributed by atoms with Gasteiger partial charge in [-0.05, 0) is 50.8 Å². The third-order valence-electron chi connectivity index (χ3n) is 6.13. The van der Waals surface area contributed by atoms with Crippen LogP contribution in [0.15, 0.2) is 72.9 Å². The lowest BCUT2D eigenvalue weighted by atomic mass is 10.1. The van der Waals surface area contributed by atoms with E-state index in [2.05, 4.69) is 39.5 Å². The van der Waals surface area contributed by atoms with Gasteiger partial charge in [0.25, 0.3) is 0 Å². The van der Waals surface area contributed by atoms with Gasteiger partial charge in [0.15, 0.2) is 5.82 Å². The van der Waals surface area contributed by atoms with Crippen LogP contribution < -0.4 is 16.0 Å². The first-order valence-electron chi connectivity index (χ1n) is 12.6. The number of pyridine rings is 1. The fourth-order valence-electron chi connectivity index (χ4n) is 4.46. The van der Waals surface area contributed by atoms with Crippen molar-refractivity contribution in [3.8, 4) is 0 Å². The Morgan fingerprint density at radius 2 is 1.67 bits per heavy atom. The van der Waals surface area contributed by atoms with Crippen LogP contribution in [0.5, 0.6) is 0 Å². The number of rotatable bonds is 7. The third kappa shape index (κ3) is 6.90. The monoisotopic (exact) mass is 487 g/mol. The number of piperidine rings is 1. The lowest BCUT2D eigenvalue weighted by molar-refractivity contribution is 0.0206. The zero-order valence-corrected chi connectivity index (χ0v) is 21.5. The highest BCUT2D eigenvalue weighted by Gasteiger charge is 2.28. The van der Waals surface area contributed by atoms with Gasteiger partial charge in [-0.15, -0.1) is 0 Å². The number of carbonyl (C=O) groups is 1. The molecule has 2 aromatic carbocycles. The van der Waals surface area contributed by atoms with Crippen LogP contribution in [0.4, 0.5) is 22.0 Å². The van der Waals surface area contributed by atoms with E-state index in [9.17, 15) is 4.79 Å². The molecule has 1 aliphatic rings. The second-order valence-electron chi connectivity index (χ2n) is 10.3. The Morgan fingerprint density at radius 3 is 2.25 bits per heavy atom. The molecule has 3 aromatic rings. The number of hydrogen-bond donors (Lipinski definition) is 2. The van der Waals surface area contributed by atoms with E-state index in [-0.39, 0.29) is 12.1 Å². The average molecular weight is 488 g/mol. The van der Waals surface area contributed by atoms with E-state index in [1.807, 2.05) is 63.2 Å². The van der Waals surface area contributed by atoms with E-state index in [1.54, 1.807) is 11.1 Å². The summed E-state index contributed by atoms with van der Waals surface area (Å²) in [6.07, 6.45) is 3.39. The van der Waals surface area contributed by atoms with Crippen molar-refractivity contribution in [2.45, 2.75) is 58.3 Å². The highest BCUT2D eigenvalue weighted by Crippen LogP contribution is 2.32. The highest BCUT2D eigenvalue weighted by molar-refractivity contribution is 5.78. The van der Waals surface area contributed by atoms with Crippen molar-refractivity contribution in [1.82, 2.24) is 9.88 Å². The number of anilines is 3. The molecule has 1 atom stereocenters. The predicted octanol–water partition coefficient (Wildman–Crippen LogP) is 5.68. The number of aromatic nitrogens is 1. The minimum absolute atomic E-state index is 0.0838. The molecular formula is C29H37N5O2. The normalized spacial score (nSPS) is 15.9. The van der Waals surface area contributed by atoms with Gasteiger partial charge in [0.2, 0.25) is 0 Å². The summed E-state index contributed by atoms with van der Waals surface area (Å²) in [5.74, 6) is 0.743.